The summed E-state index contributed by atoms with van der Waals surface area (Å²) < 4.78 is 15.7. The Morgan fingerprint density at radius 2 is 1.82 bits per heavy atom. The fourth-order valence-electron chi connectivity index (χ4n) is 4.68. The predicted molar refractivity (Wildman–Crippen MR) is 130 cm³/mol. The van der Waals surface area contributed by atoms with Crippen molar-refractivity contribution in [3.63, 3.8) is 0 Å². The van der Waals surface area contributed by atoms with Gasteiger partial charge in [0.25, 0.3) is 0 Å². The number of rotatable bonds is 6. The van der Waals surface area contributed by atoms with Crippen LogP contribution in [-0.2, 0) is 16.1 Å². The fourth-order valence-corrected chi connectivity index (χ4v) is 4.68. The highest BCUT2D eigenvalue weighted by Crippen LogP contribution is 2.33. The molecule has 1 aliphatic rings. The summed E-state index contributed by atoms with van der Waals surface area (Å²) in [5.74, 6) is -0.0229. The average molecular weight is 457 g/mol. The second-order valence-electron chi connectivity index (χ2n) is 8.40. The van der Waals surface area contributed by atoms with Crippen molar-refractivity contribution in [2.75, 3.05) is 22.9 Å². The van der Waals surface area contributed by atoms with Crippen LogP contribution < -0.4 is 9.80 Å². The fraction of sp³-hybridized carbons (Fsp3) is 0.222. The molecule has 0 aliphatic carbocycles. The van der Waals surface area contributed by atoms with Gasteiger partial charge in [0.05, 0.1) is 11.0 Å². The normalized spacial score (nSPS) is 15.8. The minimum Gasteiger partial charge on any atom is -0.318 e. The molecule has 1 fully saturated rings. The molecule has 172 valence electrons. The standard InChI is InChI=1S/C27H25FN4O2/c1-2-30(21-10-4-3-5-11-21)26(34)18-32-24-14-7-6-13-23(24)29-27(32)19-15-25(33)31(17-19)22-12-8-9-20(28)16-22/h3-14,16,19H,2,15,17-18H2,1H3. The molecule has 3 aromatic carbocycles. The first-order chi connectivity index (χ1) is 16.5. The predicted octanol–water partition coefficient (Wildman–Crippen LogP) is 4.75. The van der Waals surface area contributed by atoms with Crippen LogP contribution in [0, 0.1) is 5.82 Å². The van der Waals surface area contributed by atoms with Gasteiger partial charge in [-0.05, 0) is 49.4 Å². The maximum absolute atomic E-state index is 13.8. The molecular weight excluding hydrogens is 431 g/mol. The van der Waals surface area contributed by atoms with E-state index in [0.717, 1.165) is 16.7 Å². The van der Waals surface area contributed by atoms with E-state index >= 15 is 0 Å². The zero-order chi connectivity index (χ0) is 23.7. The molecule has 0 bridgehead atoms. The molecule has 0 spiro atoms. The smallest absolute Gasteiger partial charge is 0.246 e. The highest BCUT2D eigenvalue weighted by atomic mass is 19.1. The van der Waals surface area contributed by atoms with Gasteiger partial charge in [0.15, 0.2) is 0 Å². The molecule has 0 saturated carbocycles. The van der Waals surface area contributed by atoms with Gasteiger partial charge in [-0.15, -0.1) is 0 Å². The number of halogens is 1. The van der Waals surface area contributed by atoms with E-state index < -0.39 is 0 Å². The van der Waals surface area contributed by atoms with Gasteiger partial charge in [-0.25, -0.2) is 9.37 Å². The lowest BCUT2D eigenvalue weighted by atomic mass is 10.1. The summed E-state index contributed by atoms with van der Waals surface area (Å²) in [7, 11) is 0. The van der Waals surface area contributed by atoms with E-state index in [9.17, 15) is 14.0 Å². The van der Waals surface area contributed by atoms with Gasteiger partial charge >= 0.3 is 0 Å². The van der Waals surface area contributed by atoms with Crippen molar-refractivity contribution in [1.29, 1.82) is 0 Å². The number of para-hydroxylation sites is 3. The third-order valence-electron chi connectivity index (χ3n) is 6.27. The first kappa shape index (κ1) is 21.8. The summed E-state index contributed by atoms with van der Waals surface area (Å²) in [4.78, 5) is 34.4. The lowest BCUT2D eigenvalue weighted by Gasteiger charge is -2.23. The first-order valence-electron chi connectivity index (χ1n) is 11.4. The lowest BCUT2D eigenvalue weighted by molar-refractivity contribution is -0.119. The molecule has 1 saturated heterocycles. The van der Waals surface area contributed by atoms with Crippen LogP contribution in [-0.4, -0.2) is 34.5 Å². The first-order valence-corrected chi connectivity index (χ1v) is 11.4. The second kappa shape index (κ2) is 9.09. The molecule has 2 amide bonds. The monoisotopic (exact) mass is 456 g/mol. The Morgan fingerprint density at radius 1 is 1.06 bits per heavy atom. The van der Waals surface area contributed by atoms with Crippen LogP contribution in [0.5, 0.6) is 0 Å². The molecule has 0 radical (unpaired) electrons. The summed E-state index contributed by atoms with van der Waals surface area (Å²) in [6, 6.07) is 23.3. The van der Waals surface area contributed by atoms with E-state index in [0.29, 0.717) is 24.6 Å². The Hall–Kier alpha value is -4.00. The van der Waals surface area contributed by atoms with Crippen LogP contribution in [0.1, 0.15) is 25.1 Å². The van der Waals surface area contributed by atoms with E-state index in [1.165, 1.54) is 12.1 Å². The number of fused-ring (bicyclic) bond motifs is 1. The molecule has 1 aliphatic heterocycles. The summed E-state index contributed by atoms with van der Waals surface area (Å²) >= 11 is 0. The number of imidazole rings is 1. The molecule has 5 rings (SSSR count). The van der Waals surface area contributed by atoms with Crippen LogP contribution in [0.3, 0.4) is 0 Å². The number of hydrogen-bond donors (Lipinski definition) is 0. The quantitative estimate of drug-likeness (QED) is 0.421. The molecule has 1 atom stereocenters. The number of carbonyl (C=O) groups excluding carboxylic acids is 2. The number of benzene rings is 3. The maximum Gasteiger partial charge on any atom is 0.246 e. The summed E-state index contributed by atoms with van der Waals surface area (Å²) in [5, 5.41) is 0. The molecule has 34 heavy (non-hydrogen) atoms. The van der Waals surface area contributed by atoms with E-state index in [1.54, 1.807) is 21.9 Å². The minimum atomic E-state index is -0.382. The van der Waals surface area contributed by atoms with Gasteiger partial charge < -0.3 is 14.4 Å². The van der Waals surface area contributed by atoms with E-state index in [1.807, 2.05) is 66.1 Å². The zero-order valence-corrected chi connectivity index (χ0v) is 18.9. The van der Waals surface area contributed by atoms with Gasteiger partial charge in [-0.1, -0.05) is 36.4 Å². The number of anilines is 2. The number of likely N-dealkylation sites (N-methyl/N-ethyl adjacent to an activating group) is 1. The van der Waals surface area contributed by atoms with Crippen molar-refractivity contribution in [3.05, 3.63) is 90.5 Å². The number of amides is 2. The summed E-state index contributed by atoms with van der Waals surface area (Å²) in [5.41, 5.74) is 3.01. The third-order valence-corrected chi connectivity index (χ3v) is 6.27. The topological polar surface area (TPSA) is 58.4 Å². The number of aromatic nitrogens is 2. The largest absolute Gasteiger partial charge is 0.318 e. The van der Waals surface area contributed by atoms with Crippen LogP contribution in [0.4, 0.5) is 15.8 Å². The minimum absolute atomic E-state index is 0.0515. The second-order valence-corrected chi connectivity index (χ2v) is 8.40. The Morgan fingerprint density at radius 3 is 2.59 bits per heavy atom. The summed E-state index contributed by atoms with van der Waals surface area (Å²) in [6.07, 6.45) is 0.254. The molecule has 1 aromatic heterocycles. The molecule has 7 heteroatoms. The molecule has 4 aromatic rings. The SMILES string of the molecule is CCN(C(=O)Cn1c(C2CC(=O)N(c3cccc(F)c3)C2)nc2ccccc21)c1ccccc1. The van der Waals surface area contributed by atoms with Crippen LogP contribution >= 0.6 is 0 Å². The molecule has 1 unspecified atom stereocenters. The van der Waals surface area contributed by atoms with Crippen molar-refractivity contribution in [3.8, 4) is 0 Å². The molecule has 2 heterocycles. The highest BCUT2D eigenvalue weighted by molar-refractivity contribution is 5.97. The molecule has 0 N–H and O–H groups in total. The van der Waals surface area contributed by atoms with Crippen molar-refractivity contribution >= 4 is 34.2 Å². The van der Waals surface area contributed by atoms with Crippen LogP contribution in [0.25, 0.3) is 11.0 Å². The van der Waals surface area contributed by atoms with Gasteiger partial charge in [0.1, 0.15) is 18.2 Å². The van der Waals surface area contributed by atoms with E-state index in [2.05, 4.69) is 0 Å². The lowest BCUT2D eigenvalue weighted by Crippen LogP contribution is -2.34. The Labute approximate surface area is 197 Å². The third kappa shape index (κ3) is 4.05. The number of nitrogens with zero attached hydrogens (tertiary/aromatic N) is 4. The summed E-state index contributed by atoms with van der Waals surface area (Å²) in [6.45, 7) is 2.99. The van der Waals surface area contributed by atoms with Crippen molar-refractivity contribution in [2.45, 2.75) is 25.8 Å². The van der Waals surface area contributed by atoms with Gasteiger partial charge in [-0.3, -0.25) is 9.59 Å². The number of carbonyl (C=O) groups is 2. The van der Waals surface area contributed by atoms with Crippen molar-refractivity contribution in [1.82, 2.24) is 9.55 Å². The Kier molecular flexibility index (Phi) is 5.84. The Balaban J connectivity index is 1.48. The van der Waals surface area contributed by atoms with E-state index in [4.69, 9.17) is 4.98 Å². The maximum atomic E-state index is 13.8. The molecular formula is C27H25FN4O2. The van der Waals surface area contributed by atoms with Crippen molar-refractivity contribution in [2.24, 2.45) is 0 Å². The average Bonchev–Trinajstić information content (AvgIpc) is 3.41. The number of hydrogen-bond acceptors (Lipinski definition) is 3. The Bertz CT molecular complexity index is 1350. The van der Waals surface area contributed by atoms with Crippen molar-refractivity contribution < 1.29 is 14.0 Å². The van der Waals surface area contributed by atoms with Gasteiger partial charge in [-0.2, -0.15) is 0 Å². The zero-order valence-electron chi connectivity index (χ0n) is 18.9. The highest BCUT2D eigenvalue weighted by Gasteiger charge is 2.35. The van der Waals surface area contributed by atoms with E-state index in [-0.39, 0.29) is 36.5 Å². The van der Waals surface area contributed by atoms with Gasteiger partial charge in [0.2, 0.25) is 11.8 Å². The van der Waals surface area contributed by atoms with Crippen LogP contribution in [0.2, 0.25) is 0 Å². The van der Waals surface area contributed by atoms with Gasteiger partial charge in [0, 0.05) is 36.8 Å². The molecule has 6 nitrogen and oxygen atoms in total. The van der Waals surface area contributed by atoms with Crippen LogP contribution in [0.15, 0.2) is 78.9 Å².